The summed E-state index contributed by atoms with van der Waals surface area (Å²) in [5.74, 6) is 0. The SMILES string of the molecule is CCCCC(O)CCNC(=O)OC(C)(C)C. The van der Waals surface area contributed by atoms with Gasteiger partial charge in [0.05, 0.1) is 6.10 Å². The summed E-state index contributed by atoms with van der Waals surface area (Å²) < 4.78 is 5.07. The van der Waals surface area contributed by atoms with Crippen molar-refractivity contribution < 1.29 is 14.6 Å². The highest BCUT2D eigenvalue weighted by atomic mass is 16.6. The van der Waals surface area contributed by atoms with E-state index in [1.54, 1.807) is 0 Å². The Bertz CT molecular complexity index is 199. The smallest absolute Gasteiger partial charge is 0.407 e. The molecule has 0 heterocycles. The van der Waals surface area contributed by atoms with Gasteiger partial charge in [-0.1, -0.05) is 19.8 Å². The molecule has 1 amide bonds. The van der Waals surface area contributed by atoms with Gasteiger partial charge in [-0.15, -0.1) is 0 Å². The molecule has 0 saturated heterocycles. The van der Waals surface area contributed by atoms with Crippen LogP contribution in [0.25, 0.3) is 0 Å². The van der Waals surface area contributed by atoms with Gasteiger partial charge in [0.25, 0.3) is 0 Å². The van der Waals surface area contributed by atoms with Crippen LogP contribution in [0.2, 0.25) is 0 Å². The molecule has 4 heteroatoms. The molecule has 0 aliphatic rings. The molecule has 0 saturated carbocycles. The van der Waals surface area contributed by atoms with Gasteiger partial charge in [0.1, 0.15) is 5.60 Å². The van der Waals surface area contributed by atoms with Gasteiger partial charge in [0, 0.05) is 6.54 Å². The molecule has 0 aromatic heterocycles. The van der Waals surface area contributed by atoms with E-state index in [0.717, 1.165) is 19.3 Å². The Morgan fingerprint density at radius 3 is 2.50 bits per heavy atom. The van der Waals surface area contributed by atoms with Crippen molar-refractivity contribution in [1.82, 2.24) is 5.32 Å². The van der Waals surface area contributed by atoms with Crippen molar-refractivity contribution in [3.63, 3.8) is 0 Å². The molecular weight excluding hydrogens is 206 g/mol. The van der Waals surface area contributed by atoms with Crippen LogP contribution in [0.15, 0.2) is 0 Å². The molecular formula is C12H25NO3. The zero-order valence-corrected chi connectivity index (χ0v) is 10.9. The lowest BCUT2D eigenvalue weighted by Gasteiger charge is -2.20. The second-order valence-electron chi connectivity index (χ2n) is 5.01. The first-order chi connectivity index (χ1) is 7.35. The van der Waals surface area contributed by atoms with Crippen LogP contribution in [0.4, 0.5) is 4.79 Å². The maximum absolute atomic E-state index is 11.2. The average molecular weight is 231 g/mol. The third-order valence-corrected chi connectivity index (χ3v) is 2.04. The first kappa shape index (κ1) is 15.2. The first-order valence-corrected chi connectivity index (χ1v) is 6.00. The minimum atomic E-state index is -0.467. The molecule has 96 valence electrons. The number of ether oxygens (including phenoxy) is 1. The Kier molecular flexibility index (Phi) is 7.13. The van der Waals surface area contributed by atoms with Crippen molar-refractivity contribution >= 4 is 6.09 Å². The van der Waals surface area contributed by atoms with E-state index in [-0.39, 0.29) is 6.10 Å². The van der Waals surface area contributed by atoms with E-state index in [0.29, 0.717) is 13.0 Å². The van der Waals surface area contributed by atoms with Crippen LogP contribution >= 0.6 is 0 Å². The Balaban J connectivity index is 3.54. The summed E-state index contributed by atoms with van der Waals surface area (Å²) in [6.45, 7) is 8.01. The fourth-order valence-electron chi connectivity index (χ4n) is 1.24. The van der Waals surface area contributed by atoms with Gasteiger partial charge in [-0.2, -0.15) is 0 Å². The predicted molar refractivity (Wildman–Crippen MR) is 64.4 cm³/mol. The molecule has 0 aliphatic heterocycles. The minimum Gasteiger partial charge on any atom is -0.444 e. The first-order valence-electron chi connectivity index (χ1n) is 6.00. The summed E-state index contributed by atoms with van der Waals surface area (Å²) in [6.07, 6.45) is 2.74. The molecule has 0 fully saturated rings. The highest BCUT2D eigenvalue weighted by molar-refractivity contribution is 5.67. The fourth-order valence-corrected chi connectivity index (χ4v) is 1.24. The lowest BCUT2D eigenvalue weighted by atomic mass is 10.1. The number of nitrogens with one attached hydrogen (secondary N) is 1. The topological polar surface area (TPSA) is 58.6 Å². The van der Waals surface area contributed by atoms with Crippen LogP contribution in [0.3, 0.4) is 0 Å². The molecule has 0 radical (unpaired) electrons. The summed E-state index contributed by atoms with van der Waals surface area (Å²) in [4.78, 5) is 11.2. The number of carbonyl (C=O) groups excluding carboxylic acids is 1. The third-order valence-electron chi connectivity index (χ3n) is 2.04. The molecule has 2 N–H and O–H groups in total. The van der Waals surface area contributed by atoms with Crippen LogP contribution in [-0.4, -0.2) is 29.4 Å². The summed E-state index contributed by atoms with van der Waals surface area (Å²) in [5.41, 5.74) is -0.467. The van der Waals surface area contributed by atoms with Crippen molar-refractivity contribution in [1.29, 1.82) is 0 Å². The van der Waals surface area contributed by atoms with Gasteiger partial charge in [0.2, 0.25) is 0 Å². The zero-order valence-electron chi connectivity index (χ0n) is 10.9. The fraction of sp³-hybridized carbons (Fsp3) is 0.917. The molecule has 0 aromatic carbocycles. The third kappa shape index (κ3) is 9.77. The average Bonchev–Trinajstić information content (AvgIpc) is 2.11. The number of aliphatic hydroxyl groups excluding tert-OH is 1. The monoisotopic (exact) mass is 231 g/mol. The molecule has 1 unspecified atom stereocenters. The summed E-state index contributed by atoms with van der Waals surface area (Å²) in [5, 5.41) is 12.2. The van der Waals surface area contributed by atoms with E-state index in [1.807, 2.05) is 20.8 Å². The van der Waals surface area contributed by atoms with E-state index in [2.05, 4.69) is 12.2 Å². The number of carbonyl (C=O) groups is 1. The normalized spacial score (nSPS) is 13.3. The number of hydrogen-bond donors (Lipinski definition) is 2. The standard InChI is InChI=1S/C12H25NO3/c1-5-6-7-10(14)8-9-13-11(15)16-12(2,3)4/h10,14H,5-9H2,1-4H3,(H,13,15). The van der Waals surface area contributed by atoms with Gasteiger partial charge < -0.3 is 15.2 Å². The number of rotatable bonds is 6. The Morgan fingerprint density at radius 1 is 1.38 bits per heavy atom. The van der Waals surface area contributed by atoms with Crippen molar-refractivity contribution in [2.24, 2.45) is 0 Å². The van der Waals surface area contributed by atoms with Crippen LogP contribution in [0.1, 0.15) is 53.4 Å². The number of hydrogen-bond acceptors (Lipinski definition) is 3. The van der Waals surface area contributed by atoms with Gasteiger partial charge >= 0.3 is 6.09 Å². The number of aliphatic hydroxyl groups is 1. The van der Waals surface area contributed by atoms with Crippen molar-refractivity contribution in [2.75, 3.05) is 6.54 Å². The summed E-state index contributed by atoms with van der Waals surface area (Å²) in [7, 11) is 0. The Morgan fingerprint density at radius 2 is 2.00 bits per heavy atom. The van der Waals surface area contributed by atoms with Crippen molar-refractivity contribution in [3.05, 3.63) is 0 Å². The lowest BCUT2D eigenvalue weighted by Crippen LogP contribution is -2.34. The van der Waals surface area contributed by atoms with Crippen LogP contribution in [-0.2, 0) is 4.74 Å². The number of amides is 1. The second-order valence-corrected chi connectivity index (χ2v) is 5.01. The molecule has 1 atom stereocenters. The molecule has 0 aliphatic carbocycles. The summed E-state index contributed by atoms with van der Waals surface area (Å²) in [6, 6.07) is 0. The van der Waals surface area contributed by atoms with Crippen LogP contribution in [0, 0.1) is 0 Å². The van der Waals surface area contributed by atoms with Gasteiger partial charge in [-0.3, -0.25) is 0 Å². The lowest BCUT2D eigenvalue weighted by molar-refractivity contribution is 0.0517. The van der Waals surface area contributed by atoms with E-state index in [1.165, 1.54) is 0 Å². The highest BCUT2D eigenvalue weighted by Gasteiger charge is 2.15. The van der Waals surface area contributed by atoms with Crippen molar-refractivity contribution in [3.8, 4) is 0 Å². The Labute approximate surface area is 98.4 Å². The molecule has 16 heavy (non-hydrogen) atoms. The molecule has 0 rings (SSSR count). The van der Waals surface area contributed by atoms with Crippen LogP contribution < -0.4 is 5.32 Å². The summed E-state index contributed by atoms with van der Waals surface area (Å²) >= 11 is 0. The second kappa shape index (κ2) is 7.49. The quantitative estimate of drug-likeness (QED) is 0.738. The van der Waals surface area contributed by atoms with Gasteiger partial charge in [0.15, 0.2) is 0 Å². The minimum absolute atomic E-state index is 0.324. The zero-order chi connectivity index (χ0) is 12.6. The molecule has 0 spiro atoms. The maximum Gasteiger partial charge on any atom is 0.407 e. The van der Waals surface area contributed by atoms with Crippen molar-refractivity contribution in [2.45, 2.75) is 65.1 Å². The maximum atomic E-state index is 11.2. The van der Waals surface area contributed by atoms with Gasteiger partial charge in [-0.05, 0) is 33.6 Å². The highest BCUT2D eigenvalue weighted by Crippen LogP contribution is 2.07. The Hall–Kier alpha value is -0.770. The molecule has 0 aromatic rings. The van der Waals surface area contributed by atoms with E-state index in [9.17, 15) is 9.90 Å². The molecule has 0 bridgehead atoms. The van der Waals surface area contributed by atoms with Crippen LogP contribution in [0.5, 0.6) is 0 Å². The number of alkyl carbamates (subject to hydrolysis) is 1. The van der Waals surface area contributed by atoms with E-state index in [4.69, 9.17) is 4.74 Å². The molecule has 4 nitrogen and oxygen atoms in total. The number of unbranched alkanes of at least 4 members (excludes halogenated alkanes) is 1. The van der Waals surface area contributed by atoms with Gasteiger partial charge in [-0.25, -0.2) is 4.79 Å². The largest absolute Gasteiger partial charge is 0.444 e. The van der Waals surface area contributed by atoms with E-state index >= 15 is 0 Å². The van der Waals surface area contributed by atoms with E-state index < -0.39 is 11.7 Å². The predicted octanol–water partition coefficient (Wildman–Crippen LogP) is 2.45.